The fourth-order valence-electron chi connectivity index (χ4n) is 2.56. The number of urea groups is 1. The van der Waals surface area contributed by atoms with Gasteiger partial charge in [0.25, 0.3) is 0 Å². The van der Waals surface area contributed by atoms with Crippen molar-refractivity contribution in [3.05, 3.63) is 11.6 Å². The Morgan fingerprint density at radius 3 is 3.06 bits per heavy atom. The Hall–Kier alpha value is -1.03. The van der Waals surface area contributed by atoms with Gasteiger partial charge in [0.2, 0.25) is 0 Å². The standard InChI is InChI=1S/C14H24N2O2/c17-14(16-13-7-4-10-18-11-13)15-9-8-12-5-2-1-3-6-12/h5,13H,1-4,6-11H2,(H2,15,16,17). The maximum Gasteiger partial charge on any atom is 0.315 e. The second-order valence-corrected chi connectivity index (χ2v) is 5.17. The first-order chi connectivity index (χ1) is 8.84. The molecule has 1 unspecified atom stereocenters. The molecule has 0 aromatic rings. The van der Waals surface area contributed by atoms with Crippen LogP contribution >= 0.6 is 0 Å². The molecule has 102 valence electrons. The monoisotopic (exact) mass is 252 g/mol. The van der Waals surface area contributed by atoms with E-state index in [2.05, 4.69) is 16.7 Å². The number of carbonyl (C=O) groups is 1. The molecule has 1 aliphatic carbocycles. The van der Waals surface area contributed by atoms with Crippen LogP contribution in [-0.4, -0.2) is 31.8 Å². The van der Waals surface area contributed by atoms with Crippen LogP contribution in [0.4, 0.5) is 4.79 Å². The van der Waals surface area contributed by atoms with Crippen molar-refractivity contribution < 1.29 is 9.53 Å². The lowest BCUT2D eigenvalue weighted by atomic mass is 9.97. The molecule has 18 heavy (non-hydrogen) atoms. The third-order valence-electron chi connectivity index (χ3n) is 3.61. The first-order valence-corrected chi connectivity index (χ1v) is 7.14. The van der Waals surface area contributed by atoms with Crippen LogP contribution in [0.3, 0.4) is 0 Å². The highest BCUT2D eigenvalue weighted by molar-refractivity contribution is 5.74. The second-order valence-electron chi connectivity index (χ2n) is 5.17. The van der Waals surface area contributed by atoms with E-state index in [4.69, 9.17) is 4.74 Å². The summed E-state index contributed by atoms with van der Waals surface area (Å²) in [6.07, 6.45) is 10.4. The van der Waals surface area contributed by atoms with E-state index in [9.17, 15) is 4.79 Å². The number of carbonyl (C=O) groups excluding carboxylic acids is 1. The quantitative estimate of drug-likeness (QED) is 0.755. The zero-order chi connectivity index (χ0) is 12.6. The molecule has 2 N–H and O–H groups in total. The SMILES string of the molecule is O=C(NCCC1=CCCCC1)NC1CCCOC1. The molecule has 4 nitrogen and oxygen atoms in total. The molecule has 2 aliphatic rings. The molecule has 1 saturated heterocycles. The third-order valence-corrected chi connectivity index (χ3v) is 3.61. The van der Waals surface area contributed by atoms with Crippen LogP contribution in [0.1, 0.15) is 44.9 Å². The van der Waals surface area contributed by atoms with Crippen LogP contribution in [0.25, 0.3) is 0 Å². The number of allylic oxidation sites excluding steroid dienone is 1. The molecule has 2 rings (SSSR count). The van der Waals surface area contributed by atoms with E-state index in [1.54, 1.807) is 0 Å². The molecule has 0 aromatic heterocycles. The second kappa shape index (κ2) is 7.41. The fraction of sp³-hybridized carbons (Fsp3) is 0.786. The van der Waals surface area contributed by atoms with Gasteiger partial charge in [0.05, 0.1) is 12.6 Å². The van der Waals surface area contributed by atoms with Crippen molar-refractivity contribution in [3.63, 3.8) is 0 Å². The van der Waals surface area contributed by atoms with E-state index < -0.39 is 0 Å². The van der Waals surface area contributed by atoms with E-state index in [1.165, 1.54) is 31.3 Å². The topological polar surface area (TPSA) is 50.4 Å². The number of ether oxygens (including phenoxy) is 1. The van der Waals surface area contributed by atoms with Gasteiger partial charge in [-0.3, -0.25) is 0 Å². The first kappa shape index (κ1) is 13.4. The highest BCUT2D eigenvalue weighted by Crippen LogP contribution is 2.19. The highest BCUT2D eigenvalue weighted by Gasteiger charge is 2.15. The predicted molar refractivity (Wildman–Crippen MR) is 71.5 cm³/mol. The summed E-state index contributed by atoms with van der Waals surface area (Å²) in [4.78, 5) is 11.7. The molecule has 0 spiro atoms. The predicted octanol–water partition coefficient (Wildman–Crippen LogP) is 2.36. The average Bonchev–Trinajstić information content (AvgIpc) is 2.41. The molecule has 1 heterocycles. The molecule has 0 radical (unpaired) electrons. The molecule has 1 fully saturated rings. The largest absolute Gasteiger partial charge is 0.379 e. The number of amides is 2. The minimum atomic E-state index is -0.0538. The molecule has 0 aromatic carbocycles. The number of hydrogen-bond acceptors (Lipinski definition) is 2. The van der Waals surface area contributed by atoms with Crippen molar-refractivity contribution in [2.75, 3.05) is 19.8 Å². The summed E-state index contributed by atoms with van der Waals surface area (Å²) >= 11 is 0. The van der Waals surface area contributed by atoms with E-state index in [-0.39, 0.29) is 12.1 Å². The number of rotatable bonds is 4. The van der Waals surface area contributed by atoms with Crippen molar-refractivity contribution >= 4 is 6.03 Å². The molecule has 1 aliphatic heterocycles. The molecule has 0 bridgehead atoms. The summed E-state index contributed by atoms with van der Waals surface area (Å²) in [6, 6.07) is 0.134. The minimum Gasteiger partial charge on any atom is -0.379 e. The van der Waals surface area contributed by atoms with Crippen molar-refractivity contribution in [1.82, 2.24) is 10.6 Å². The van der Waals surface area contributed by atoms with Crippen molar-refractivity contribution in [3.8, 4) is 0 Å². The van der Waals surface area contributed by atoms with Crippen LogP contribution in [0.2, 0.25) is 0 Å². The van der Waals surface area contributed by atoms with Gasteiger partial charge in [-0.05, 0) is 44.9 Å². The van der Waals surface area contributed by atoms with Gasteiger partial charge < -0.3 is 15.4 Å². The van der Waals surface area contributed by atoms with E-state index in [0.717, 1.165) is 32.4 Å². The minimum absolute atomic E-state index is 0.0538. The molecule has 1 atom stereocenters. The van der Waals surface area contributed by atoms with Crippen LogP contribution in [-0.2, 0) is 4.74 Å². The van der Waals surface area contributed by atoms with E-state index in [0.29, 0.717) is 6.61 Å². The van der Waals surface area contributed by atoms with Crippen LogP contribution < -0.4 is 10.6 Å². The van der Waals surface area contributed by atoms with Gasteiger partial charge in [0.1, 0.15) is 0 Å². The van der Waals surface area contributed by atoms with Gasteiger partial charge in [-0.1, -0.05) is 11.6 Å². The van der Waals surface area contributed by atoms with Gasteiger partial charge in [0.15, 0.2) is 0 Å². The van der Waals surface area contributed by atoms with Crippen LogP contribution in [0, 0.1) is 0 Å². The number of hydrogen-bond donors (Lipinski definition) is 2. The van der Waals surface area contributed by atoms with Gasteiger partial charge in [-0.15, -0.1) is 0 Å². The average molecular weight is 252 g/mol. The number of nitrogens with one attached hydrogen (secondary N) is 2. The molecule has 2 amide bonds. The Bertz CT molecular complexity index is 296. The van der Waals surface area contributed by atoms with Gasteiger partial charge in [-0.25, -0.2) is 4.79 Å². The molecule has 4 heteroatoms. The van der Waals surface area contributed by atoms with Crippen molar-refractivity contribution in [2.24, 2.45) is 0 Å². The lowest BCUT2D eigenvalue weighted by Gasteiger charge is -2.23. The van der Waals surface area contributed by atoms with Crippen molar-refractivity contribution in [1.29, 1.82) is 0 Å². The van der Waals surface area contributed by atoms with Crippen LogP contribution in [0.5, 0.6) is 0 Å². The normalized spacial score (nSPS) is 24.2. The van der Waals surface area contributed by atoms with E-state index in [1.807, 2.05) is 0 Å². The Morgan fingerprint density at radius 2 is 2.33 bits per heavy atom. The summed E-state index contributed by atoms with van der Waals surface area (Å²) in [5.74, 6) is 0. The van der Waals surface area contributed by atoms with Crippen LogP contribution in [0.15, 0.2) is 11.6 Å². The fourth-order valence-corrected chi connectivity index (χ4v) is 2.56. The zero-order valence-electron chi connectivity index (χ0n) is 11.0. The highest BCUT2D eigenvalue weighted by atomic mass is 16.5. The molecular weight excluding hydrogens is 228 g/mol. The summed E-state index contributed by atoms with van der Waals surface area (Å²) in [5, 5.41) is 5.89. The Balaban J connectivity index is 1.57. The first-order valence-electron chi connectivity index (χ1n) is 7.14. The summed E-state index contributed by atoms with van der Waals surface area (Å²) < 4.78 is 5.33. The lowest BCUT2D eigenvalue weighted by Crippen LogP contribution is -2.46. The van der Waals surface area contributed by atoms with Gasteiger partial charge >= 0.3 is 6.03 Å². The Kier molecular flexibility index (Phi) is 5.52. The van der Waals surface area contributed by atoms with Gasteiger partial charge in [-0.2, -0.15) is 0 Å². The summed E-state index contributed by atoms with van der Waals surface area (Å²) in [5.41, 5.74) is 1.50. The smallest absolute Gasteiger partial charge is 0.315 e. The maximum absolute atomic E-state index is 11.7. The summed E-state index contributed by atoms with van der Waals surface area (Å²) in [7, 11) is 0. The lowest BCUT2D eigenvalue weighted by molar-refractivity contribution is 0.0732. The molecular formula is C14H24N2O2. The Labute approximate surface area is 109 Å². The van der Waals surface area contributed by atoms with E-state index >= 15 is 0 Å². The summed E-state index contributed by atoms with van der Waals surface area (Å²) in [6.45, 7) is 2.22. The van der Waals surface area contributed by atoms with Gasteiger partial charge in [0, 0.05) is 13.2 Å². The Morgan fingerprint density at radius 1 is 1.39 bits per heavy atom. The molecule has 0 saturated carbocycles. The maximum atomic E-state index is 11.7. The third kappa shape index (κ3) is 4.69. The zero-order valence-corrected chi connectivity index (χ0v) is 11.0. The van der Waals surface area contributed by atoms with Crippen molar-refractivity contribution in [2.45, 2.75) is 51.0 Å².